The fourth-order valence-corrected chi connectivity index (χ4v) is 11.7. The van der Waals surface area contributed by atoms with Gasteiger partial charge in [0.1, 0.15) is 29.4 Å². The van der Waals surface area contributed by atoms with Crippen molar-refractivity contribution in [3.05, 3.63) is 136 Å². The molecule has 1 saturated carbocycles. The minimum Gasteiger partial charge on any atom is -0.457 e. The second kappa shape index (κ2) is 28.2. The molecule has 3 heterocycles. The minimum absolute atomic E-state index is 0.0508. The first-order valence-corrected chi connectivity index (χ1v) is 28.6. The Hall–Kier alpha value is -6.30. The van der Waals surface area contributed by atoms with Crippen molar-refractivity contribution in [1.29, 1.82) is 0 Å². The van der Waals surface area contributed by atoms with Gasteiger partial charge >= 0.3 is 0 Å². The zero-order chi connectivity index (χ0) is 56.0. The second-order valence-electron chi connectivity index (χ2n) is 21.5. The summed E-state index contributed by atoms with van der Waals surface area (Å²) in [5.41, 5.74) is 4.23. The molecule has 5 aromatic rings. The highest BCUT2D eigenvalue weighted by Crippen LogP contribution is 2.34. The number of hydrogen-bond acceptors (Lipinski definition) is 10. The SMILES string of the molecule is CNCCC[C@H]1C(=O)N[C@@H](COC)C(=O)N(C)[C@@H](Cc2ccc(Cl)cc2)CC(=O)N[C@H]2CCCC[C@@H]2N(C)C(=O)[C@H](Cc2ccccc2)CC(=O)N1Cc1ccc(Cl)cc1Oc1ccc(-c2cnc(CN3CCCC3)n2C)cc1. The maximum atomic E-state index is 15.7. The number of fused-ring (bicyclic) bond motifs is 1. The molecule has 79 heavy (non-hydrogen) atoms. The van der Waals surface area contributed by atoms with Gasteiger partial charge in [-0.15, -0.1) is 0 Å². The molecule has 0 unspecified atom stereocenters. The van der Waals surface area contributed by atoms with Crippen LogP contribution >= 0.6 is 23.2 Å². The van der Waals surface area contributed by atoms with Crippen LogP contribution in [0, 0.1) is 5.92 Å². The van der Waals surface area contributed by atoms with E-state index in [4.69, 9.17) is 37.7 Å². The Labute approximate surface area is 475 Å². The van der Waals surface area contributed by atoms with Crippen molar-refractivity contribution in [2.45, 2.75) is 120 Å². The van der Waals surface area contributed by atoms with E-state index >= 15 is 14.4 Å². The van der Waals surface area contributed by atoms with Gasteiger partial charge in [-0.3, -0.25) is 28.9 Å². The van der Waals surface area contributed by atoms with E-state index in [1.807, 2.05) is 87.0 Å². The van der Waals surface area contributed by atoms with Gasteiger partial charge in [-0.2, -0.15) is 0 Å². The number of carbonyl (C=O) groups is 5. The van der Waals surface area contributed by atoms with Crippen molar-refractivity contribution in [2.75, 3.05) is 54.5 Å². The third kappa shape index (κ3) is 15.5. The fraction of sp³-hybridized carbons (Fsp3) is 0.475. The number of aromatic nitrogens is 2. The molecule has 5 amide bonds. The van der Waals surface area contributed by atoms with Crippen LogP contribution < -0.4 is 20.7 Å². The summed E-state index contributed by atoms with van der Waals surface area (Å²) in [5.74, 6) is -0.954. The van der Waals surface area contributed by atoms with E-state index in [1.165, 1.54) is 29.8 Å². The lowest BCUT2D eigenvalue weighted by Gasteiger charge is -2.40. The van der Waals surface area contributed by atoms with Crippen LogP contribution in [0.25, 0.3) is 11.3 Å². The van der Waals surface area contributed by atoms with E-state index in [1.54, 1.807) is 49.3 Å². The lowest BCUT2D eigenvalue weighted by Crippen LogP contribution is -2.59. The molecule has 16 nitrogen and oxygen atoms in total. The Morgan fingerprint density at radius 3 is 2.18 bits per heavy atom. The lowest BCUT2D eigenvalue weighted by molar-refractivity contribution is -0.148. The van der Waals surface area contributed by atoms with Crippen molar-refractivity contribution in [1.82, 2.24) is 45.1 Å². The predicted octanol–water partition coefficient (Wildman–Crippen LogP) is 8.22. The van der Waals surface area contributed by atoms with Gasteiger partial charge in [0.05, 0.1) is 43.5 Å². The maximum absolute atomic E-state index is 15.7. The van der Waals surface area contributed by atoms with Crippen molar-refractivity contribution in [3.8, 4) is 22.8 Å². The first-order valence-electron chi connectivity index (χ1n) is 27.8. The third-order valence-corrected chi connectivity index (χ3v) is 16.5. The molecule has 2 saturated heterocycles. The normalized spacial score (nSPS) is 22.3. The topological polar surface area (TPSA) is 171 Å². The third-order valence-electron chi connectivity index (χ3n) is 16.0. The number of likely N-dealkylation sites (tertiary alicyclic amines) is 1. The monoisotopic (exact) mass is 1120 g/mol. The number of nitrogens with one attached hydrogen (secondary N) is 3. The zero-order valence-electron chi connectivity index (χ0n) is 46.3. The molecule has 422 valence electrons. The van der Waals surface area contributed by atoms with Crippen LogP contribution in [-0.4, -0.2) is 143 Å². The van der Waals surface area contributed by atoms with Gasteiger partial charge in [0.15, 0.2) is 0 Å². The van der Waals surface area contributed by atoms with Crippen LogP contribution in [-0.2, 0) is 61.7 Å². The van der Waals surface area contributed by atoms with Crippen molar-refractivity contribution >= 4 is 52.7 Å². The Morgan fingerprint density at radius 1 is 0.747 bits per heavy atom. The summed E-state index contributed by atoms with van der Waals surface area (Å²) in [6.45, 7) is 3.17. The van der Waals surface area contributed by atoms with Crippen LogP contribution in [0.4, 0.5) is 0 Å². The molecule has 4 aromatic carbocycles. The van der Waals surface area contributed by atoms with Crippen LogP contribution in [0.15, 0.2) is 103 Å². The van der Waals surface area contributed by atoms with Gasteiger partial charge in [-0.25, -0.2) is 4.98 Å². The average Bonchev–Trinajstić information content (AvgIpc) is 4.17. The highest BCUT2D eigenvalue weighted by atomic mass is 35.5. The Kier molecular flexibility index (Phi) is 21.0. The molecule has 3 aliphatic rings. The Bertz CT molecular complexity index is 2850. The van der Waals surface area contributed by atoms with Gasteiger partial charge in [0.2, 0.25) is 29.5 Å². The van der Waals surface area contributed by atoms with E-state index in [0.29, 0.717) is 59.3 Å². The van der Waals surface area contributed by atoms with Gasteiger partial charge in [0.25, 0.3) is 0 Å². The molecular weight excluding hydrogens is 1040 g/mol. The number of nitrogens with zero attached hydrogens (tertiary/aromatic N) is 6. The largest absolute Gasteiger partial charge is 0.457 e. The summed E-state index contributed by atoms with van der Waals surface area (Å²) in [5, 5.41) is 10.4. The molecule has 0 radical (unpaired) electrons. The average molecular weight is 1120 g/mol. The summed E-state index contributed by atoms with van der Waals surface area (Å²) in [6, 6.07) is 26.1. The zero-order valence-corrected chi connectivity index (χ0v) is 47.8. The molecule has 1 aliphatic carbocycles. The second-order valence-corrected chi connectivity index (χ2v) is 22.4. The molecule has 1 aromatic heterocycles. The number of likely N-dealkylation sites (N-methyl/N-ethyl adjacent to an activating group) is 2. The Balaban J connectivity index is 1.17. The van der Waals surface area contributed by atoms with Gasteiger partial charge in [-0.1, -0.05) is 84.6 Å². The summed E-state index contributed by atoms with van der Waals surface area (Å²) in [4.78, 5) is 87.4. The van der Waals surface area contributed by atoms with E-state index in [-0.39, 0.29) is 62.7 Å². The van der Waals surface area contributed by atoms with Crippen LogP contribution in [0.1, 0.15) is 86.7 Å². The standard InChI is InChI=1S/C61H77Cl2N9O7/c1-64-29-13-18-53-59(75)67-51(40-78-5)61(77)68(2)48(33-42-19-24-46(62)25-20-42)36-57(73)66-50-16-9-10-17-52(50)70(4)60(76)45(32-41-14-7-6-8-15-41)34-58(74)72(53)38-44-21-26-47(63)35-55(44)79-49-27-22-43(23-28-49)54-37-65-56(69(54)3)39-71-30-11-12-31-71/h6-8,14-15,19-28,35,37,45,48,50-53,64H,9-13,16-18,29-34,36,38-40H2,1-5H3,(H,66,73)(H,67,75)/t45-,48+,50+,51+,52+,53+/m1/s1. The van der Waals surface area contributed by atoms with Crippen LogP contribution in [0.5, 0.6) is 11.5 Å². The van der Waals surface area contributed by atoms with Crippen LogP contribution in [0.2, 0.25) is 10.0 Å². The molecule has 18 heteroatoms. The van der Waals surface area contributed by atoms with E-state index < -0.39 is 41.8 Å². The first kappa shape index (κ1) is 58.8. The number of carbonyl (C=O) groups excluding carboxylic acids is 5. The summed E-state index contributed by atoms with van der Waals surface area (Å²) >= 11 is 13.0. The Morgan fingerprint density at radius 2 is 1.46 bits per heavy atom. The minimum atomic E-state index is -1.20. The summed E-state index contributed by atoms with van der Waals surface area (Å²) in [6.07, 6.45) is 8.25. The molecule has 3 fully saturated rings. The molecular formula is C61H77Cl2N9O7. The number of halogens is 2. The lowest BCUT2D eigenvalue weighted by atomic mass is 9.87. The quantitative estimate of drug-likeness (QED) is 0.0772. The molecule has 2 aliphatic heterocycles. The van der Waals surface area contributed by atoms with Crippen molar-refractivity contribution < 1.29 is 33.4 Å². The molecule has 0 bridgehead atoms. The maximum Gasteiger partial charge on any atom is 0.247 e. The number of ether oxygens (including phenoxy) is 2. The number of rotatable bonds is 17. The number of imidazole rings is 1. The number of methoxy groups -OCH3 is 1. The van der Waals surface area contributed by atoms with Crippen molar-refractivity contribution in [2.24, 2.45) is 13.0 Å². The highest BCUT2D eigenvalue weighted by molar-refractivity contribution is 6.31. The number of amides is 5. The fourth-order valence-electron chi connectivity index (χ4n) is 11.5. The summed E-state index contributed by atoms with van der Waals surface area (Å²) in [7, 11) is 8.70. The van der Waals surface area contributed by atoms with Crippen LogP contribution in [0.3, 0.4) is 0 Å². The van der Waals surface area contributed by atoms with E-state index in [0.717, 1.165) is 60.7 Å². The molecule has 0 spiro atoms. The number of hydrogen-bond donors (Lipinski definition) is 3. The van der Waals surface area contributed by atoms with Gasteiger partial charge in [-0.05, 0) is 138 Å². The van der Waals surface area contributed by atoms with E-state index in [2.05, 4.69) is 25.4 Å². The molecule has 8 rings (SSSR count). The van der Waals surface area contributed by atoms with E-state index in [9.17, 15) is 9.59 Å². The predicted molar refractivity (Wildman–Crippen MR) is 308 cm³/mol. The highest BCUT2D eigenvalue weighted by Gasteiger charge is 2.40. The summed E-state index contributed by atoms with van der Waals surface area (Å²) < 4.78 is 14.4. The first-order chi connectivity index (χ1) is 38.2. The smallest absolute Gasteiger partial charge is 0.247 e. The molecule has 6 atom stereocenters. The number of benzene rings is 4. The van der Waals surface area contributed by atoms with Crippen molar-refractivity contribution in [3.63, 3.8) is 0 Å². The van der Waals surface area contributed by atoms with Gasteiger partial charge in [0, 0.05) is 74.4 Å². The molecule has 3 N–H and O–H groups in total. The van der Waals surface area contributed by atoms with Gasteiger partial charge < -0.3 is 44.7 Å².